The van der Waals surface area contributed by atoms with Gasteiger partial charge in [-0.1, -0.05) is 19.0 Å². The molecule has 1 fully saturated rings. The van der Waals surface area contributed by atoms with E-state index in [4.69, 9.17) is 9.52 Å². The van der Waals surface area contributed by atoms with Gasteiger partial charge in [-0.3, -0.25) is 9.89 Å². The van der Waals surface area contributed by atoms with Gasteiger partial charge in [-0.2, -0.15) is 0 Å². The Bertz CT molecular complexity index is 571. The molecule has 162 valence electrons. The molecule has 1 atom stereocenters. The Hall–Kier alpha value is -0.870. The summed E-state index contributed by atoms with van der Waals surface area (Å²) in [5.41, 5.74) is 1.00. The van der Waals surface area contributed by atoms with Gasteiger partial charge in [-0.25, -0.2) is 0 Å². The fourth-order valence-electron chi connectivity index (χ4n) is 3.61. The Balaban J connectivity index is 0.00000392. The number of hydrogen-bond acceptors (Lipinski definition) is 5. The average molecular weight is 507 g/mol. The Labute approximate surface area is 186 Å². The largest absolute Gasteiger partial charge is 0.396 e. The summed E-state index contributed by atoms with van der Waals surface area (Å²) < 4.78 is 5.16. The highest BCUT2D eigenvalue weighted by atomic mass is 127. The van der Waals surface area contributed by atoms with Crippen LogP contribution in [0.25, 0.3) is 0 Å². The van der Waals surface area contributed by atoms with E-state index in [-0.39, 0.29) is 30.6 Å². The Morgan fingerprint density at radius 3 is 2.57 bits per heavy atom. The molecule has 1 unspecified atom stereocenters. The van der Waals surface area contributed by atoms with Crippen LogP contribution in [0.4, 0.5) is 0 Å². The fraction of sp³-hybridized carbons (Fsp3) is 0.800. The van der Waals surface area contributed by atoms with E-state index in [2.05, 4.69) is 41.0 Å². The molecule has 8 heteroatoms. The van der Waals surface area contributed by atoms with Crippen molar-refractivity contribution in [2.24, 2.45) is 16.8 Å². The predicted molar refractivity (Wildman–Crippen MR) is 124 cm³/mol. The van der Waals surface area contributed by atoms with Crippen LogP contribution >= 0.6 is 24.0 Å². The van der Waals surface area contributed by atoms with Gasteiger partial charge in [0.2, 0.25) is 0 Å². The molecule has 1 aromatic rings. The highest BCUT2D eigenvalue weighted by molar-refractivity contribution is 14.0. The lowest BCUT2D eigenvalue weighted by molar-refractivity contribution is 0.168. The first-order valence-corrected chi connectivity index (χ1v) is 10.3. The zero-order chi connectivity index (χ0) is 19.6. The lowest BCUT2D eigenvalue weighted by atomic mass is 9.94. The summed E-state index contributed by atoms with van der Waals surface area (Å²) in [7, 11) is 0. The first kappa shape index (κ1) is 25.2. The molecule has 0 amide bonds. The van der Waals surface area contributed by atoms with E-state index in [0.717, 1.165) is 76.1 Å². The van der Waals surface area contributed by atoms with Crippen molar-refractivity contribution < 1.29 is 9.63 Å². The van der Waals surface area contributed by atoms with Crippen molar-refractivity contribution in [3.63, 3.8) is 0 Å². The molecule has 0 radical (unpaired) electrons. The lowest BCUT2D eigenvalue weighted by Gasteiger charge is -2.36. The monoisotopic (exact) mass is 507 g/mol. The standard InChI is InChI=1S/C20H37N5O2.HI/c1-5-21-20(22-14-18(6-11-26)12-16(2)3)25-9-7-24(8-10-25)15-19-13-17(4)27-23-19;/h13,16,18,26H,5-12,14-15H2,1-4H3,(H,21,22);1H. The van der Waals surface area contributed by atoms with Crippen molar-refractivity contribution in [2.75, 3.05) is 45.9 Å². The van der Waals surface area contributed by atoms with Crippen LogP contribution in [0.3, 0.4) is 0 Å². The van der Waals surface area contributed by atoms with E-state index in [0.29, 0.717) is 11.8 Å². The van der Waals surface area contributed by atoms with Crippen molar-refractivity contribution in [1.82, 2.24) is 20.3 Å². The number of aromatic nitrogens is 1. The number of nitrogens with zero attached hydrogens (tertiary/aromatic N) is 4. The second-order valence-electron chi connectivity index (χ2n) is 7.89. The van der Waals surface area contributed by atoms with E-state index in [9.17, 15) is 5.11 Å². The Morgan fingerprint density at radius 1 is 1.32 bits per heavy atom. The molecule has 0 bridgehead atoms. The summed E-state index contributed by atoms with van der Waals surface area (Å²) in [6, 6.07) is 2.01. The number of hydrogen-bond donors (Lipinski definition) is 2. The molecule has 28 heavy (non-hydrogen) atoms. The highest BCUT2D eigenvalue weighted by Crippen LogP contribution is 2.16. The summed E-state index contributed by atoms with van der Waals surface area (Å²) in [4.78, 5) is 9.65. The molecule has 1 aromatic heterocycles. The third-order valence-electron chi connectivity index (χ3n) is 4.91. The van der Waals surface area contributed by atoms with Crippen LogP contribution in [0.15, 0.2) is 15.6 Å². The molecule has 2 N–H and O–H groups in total. The number of nitrogens with one attached hydrogen (secondary N) is 1. The lowest BCUT2D eigenvalue weighted by Crippen LogP contribution is -2.52. The van der Waals surface area contributed by atoms with E-state index < -0.39 is 0 Å². The van der Waals surface area contributed by atoms with Gasteiger partial charge in [0.05, 0.1) is 5.69 Å². The SMILES string of the molecule is CCNC(=NCC(CCO)CC(C)C)N1CCN(Cc2cc(C)on2)CC1.I. The molecular weight excluding hydrogens is 469 g/mol. The topological polar surface area (TPSA) is 77.1 Å². The van der Waals surface area contributed by atoms with Crippen LogP contribution < -0.4 is 5.32 Å². The van der Waals surface area contributed by atoms with Gasteiger partial charge in [-0.05, 0) is 38.5 Å². The summed E-state index contributed by atoms with van der Waals surface area (Å²) in [5, 5.41) is 16.9. The molecule has 2 heterocycles. The van der Waals surface area contributed by atoms with Gasteiger partial charge >= 0.3 is 0 Å². The van der Waals surface area contributed by atoms with E-state index in [1.165, 1.54) is 0 Å². The zero-order valence-electron chi connectivity index (χ0n) is 17.9. The molecular formula is C20H38IN5O2. The molecule has 1 aliphatic rings. The van der Waals surface area contributed by atoms with Gasteiger partial charge in [-0.15, -0.1) is 24.0 Å². The number of aryl methyl sites for hydroxylation is 1. The van der Waals surface area contributed by atoms with E-state index >= 15 is 0 Å². The number of halogens is 1. The summed E-state index contributed by atoms with van der Waals surface area (Å²) >= 11 is 0. The van der Waals surface area contributed by atoms with Crippen molar-refractivity contribution in [3.8, 4) is 0 Å². The molecule has 1 saturated heterocycles. The van der Waals surface area contributed by atoms with Crippen LogP contribution in [0.1, 0.15) is 45.1 Å². The highest BCUT2D eigenvalue weighted by Gasteiger charge is 2.21. The maximum atomic E-state index is 9.33. The summed E-state index contributed by atoms with van der Waals surface area (Å²) in [6.45, 7) is 15.1. The number of aliphatic imine (C=N–C) groups is 1. The first-order valence-electron chi connectivity index (χ1n) is 10.3. The molecule has 1 aliphatic heterocycles. The number of aliphatic hydroxyl groups excluding tert-OH is 1. The maximum Gasteiger partial charge on any atom is 0.194 e. The summed E-state index contributed by atoms with van der Waals surface area (Å²) in [5.74, 6) is 2.94. The molecule has 0 saturated carbocycles. The molecule has 0 spiro atoms. The van der Waals surface area contributed by atoms with Crippen molar-refractivity contribution >= 4 is 29.9 Å². The van der Waals surface area contributed by atoms with Crippen LogP contribution in [0, 0.1) is 18.8 Å². The van der Waals surface area contributed by atoms with Gasteiger partial charge in [0.1, 0.15) is 5.76 Å². The minimum Gasteiger partial charge on any atom is -0.396 e. The zero-order valence-corrected chi connectivity index (χ0v) is 20.2. The molecule has 7 nitrogen and oxygen atoms in total. The fourth-order valence-corrected chi connectivity index (χ4v) is 3.61. The van der Waals surface area contributed by atoms with Crippen molar-refractivity contribution in [3.05, 3.63) is 17.5 Å². The van der Waals surface area contributed by atoms with Gasteiger partial charge in [0.15, 0.2) is 5.96 Å². The molecule has 0 aromatic carbocycles. The number of aliphatic hydroxyl groups is 1. The van der Waals surface area contributed by atoms with Crippen molar-refractivity contribution in [2.45, 2.75) is 47.1 Å². The number of guanidine groups is 1. The minimum atomic E-state index is 0. The first-order chi connectivity index (χ1) is 13.0. The third kappa shape index (κ3) is 8.65. The smallest absolute Gasteiger partial charge is 0.194 e. The predicted octanol–water partition coefficient (Wildman–Crippen LogP) is 2.73. The van der Waals surface area contributed by atoms with Gasteiger partial charge < -0.3 is 19.8 Å². The van der Waals surface area contributed by atoms with E-state index in [1.54, 1.807) is 0 Å². The van der Waals surface area contributed by atoms with Gasteiger partial charge in [0, 0.05) is 58.5 Å². The Kier molecular flexibility index (Phi) is 12.0. The summed E-state index contributed by atoms with van der Waals surface area (Å²) in [6.07, 6.45) is 1.93. The van der Waals surface area contributed by atoms with Crippen LogP contribution in [-0.2, 0) is 6.54 Å². The van der Waals surface area contributed by atoms with Crippen molar-refractivity contribution in [1.29, 1.82) is 0 Å². The average Bonchev–Trinajstić information content (AvgIpc) is 3.04. The van der Waals surface area contributed by atoms with E-state index in [1.807, 2.05) is 13.0 Å². The van der Waals surface area contributed by atoms with Crippen LogP contribution in [0.5, 0.6) is 0 Å². The number of piperazine rings is 1. The van der Waals surface area contributed by atoms with Gasteiger partial charge in [0.25, 0.3) is 0 Å². The molecule has 0 aliphatic carbocycles. The normalized spacial score (nSPS) is 16.9. The van der Waals surface area contributed by atoms with Crippen LogP contribution in [0.2, 0.25) is 0 Å². The minimum absolute atomic E-state index is 0. The van der Waals surface area contributed by atoms with Crippen LogP contribution in [-0.4, -0.2) is 71.9 Å². The third-order valence-corrected chi connectivity index (χ3v) is 4.91. The molecule has 2 rings (SSSR count). The second-order valence-corrected chi connectivity index (χ2v) is 7.89. The maximum absolute atomic E-state index is 9.33. The Morgan fingerprint density at radius 2 is 2.04 bits per heavy atom. The second kappa shape index (κ2) is 13.4. The quantitative estimate of drug-likeness (QED) is 0.304. The number of rotatable bonds is 9.